The molecule has 0 aliphatic carbocycles. The van der Waals surface area contributed by atoms with Crippen LogP contribution in [0.4, 0.5) is 0 Å². The minimum Gasteiger partial charge on any atom is -0.508 e. The number of thioether (sulfide) groups is 1. The second-order valence-electron chi connectivity index (χ2n) is 32.9. The Hall–Kier alpha value is -13.1. The van der Waals surface area contributed by atoms with Crippen LogP contribution in [0.5, 0.6) is 11.5 Å². The van der Waals surface area contributed by atoms with E-state index in [0.29, 0.717) is 57.1 Å². The van der Waals surface area contributed by atoms with Crippen LogP contribution in [-0.4, -0.2) is 261 Å². The van der Waals surface area contributed by atoms with Crippen LogP contribution in [0.25, 0.3) is 10.9 Å². The van der Waals surface area contributed by atoms with Crippen molar-refractivity contribution in [3.05, 3.63) is 203 Å². The number of likely N-dealkylation sites (N-methyl/N-ethyl adjacent to an activating group) is 5. The predicted molar refractivity (Wildman–Crippen MR) is 480 cm³/mol. The molecule has 8 rings (SSSR count). The number of para-hydroxylation sites is 1. The maximum atomic E-state index is 15.5. The third-order valence-corrected chi connectivity index (χ3v) is 23.1. The number of amides is 15. The fourth-order valence-electron chi connectivity index (χ4n) is 14.9. The Balaban J connectivity index is 1.20. The molecule has 1 aliphatic rings. The molecule has 1 fully saturated rings. The minimum atomic E-state index is -1.58. The highest BCUT2D eigenvalue weighted by Gasteiger charge is 2.42. The lowest BCUT2D eigenvalue weighted by atomic mass is 9.98. The van der Waals surface area contributed by atoms with Gasteiger partial charge in [-0.1, -0.05) is 188 Å². The lowest BCUT2D eigenvalue weighted by molar-refractivity contribution is -0.151. The van der Waals surface area contributed by atoms with E-state index < -0.39 is 186 Å². The van der Waals surface area contributed by atoms with Crippen molar-refractivity contribution < 1.29 is 82.1 Å². The highest BCUT2D eigenvalue weighted by molar-refractivity contribution is 8.00. The number of carbonyl (C=O) groups excluding carboxylic acids is 15. The van der Waals surface area contributed by atoms with Crippen LogP contribution in [0.2, 0.25) is 0 Å². The van der Waals surface area contributed by atoms with Gasteiger partial charge < -0.3 is 93.3 Å². The Kier molecular flexibility index (Phi) is 37.8. The van der Waals surface area contributed by atoms with Crippen molar-refractivity contribution in [1.29, 1.82) is 0 Å². The molecule has 0 bridgehead atoms. The molecule has 0 saturated carbocycles. The number of nitrogens with two attached hydrogens (primary N) is 1. The molecule has 680 valence electrons. The van der Waals surface area contributed by atoms with Crippen molar-refractivity contribution in [3.8, 4) is 11.5 Å². The van der Waals surface area contributed by atoms with Gasteiger partial charge in [-0.05, 0) is 94.8 Å². The summed E-state index contributed by atoms with van der Waals surface area (Å²) in [6, 6.07) is 29.2. The summed E-state index contributed by atoms with van der Waals surface area (Å²) >= 11 is 0.851. The maximum absolute atomic E-state index is 15.5. The summed E-state index contributed by atoms with van der Waals surface area (Å²) in [5.41, 5.74) is 9.35. The number of nitrogens with one attached hydrogen (secondary N) is 10. The Bertz CT molecular complexity index is 4950. The summed E-state index contributed by atoms with van der Waals surface area (Å²) in [6.45, 7) is 8.32. The van der Waals surface area contributed by atoms with E-state index in [4.69, 9.17) is 5.73 Å². The van der Waals surface area contributed by atoms with Gasteiger partial charge in [0, 0.05) is 96.6 Å². The summed E-state index contributed by atoms with van der Waals surface area (Å²) in [5.74, 6) is -14.4. The van der Waals surface area contributed by atoms with Gasteiger partial charge in [0.2, 0.25) is 88.6 Å². The van der Waals surface area contributed by atoms with Crippen LogP contribution < -0.4 is 53.6 Å². The van der Waals surface area contributed by atoms with Gasteiger partial charge >= 0.3 is 0 Å². The molecule has 127 heavy (non-hydrogen) atoms. The van der Waals surface area contributed by atoms with E-state index in [1.54, 1.807) is 156 Å². The van der Waals surface area contributed by atoms with E-state index >= 15 is 33.6 Å². The Morgan fingerprint density at radius 3 is 1.43 bits per heavy atom. The van der Waals surface area contributed by atoms with E-state index in [1.807, 2.05) is 6.92 Å². The fourth-order valence-corrected chi connectivity index (χ4v) is 15.8. The van der Waals surface area contributed by atoms with Crippen molar-refractivity contribution in [3.63, 3.8) is 0 Å². The highest BCUT2D eigenvalue weighted by atomic mass is 32.2. The second-order valence-corrected chi connectivity index (χ2v) is 33.9. The summed E-state index contributed by atoms with van der Waals surface area (Å²) in [5, 5.41) is 46.0. The van der Waals surface area contributed by atoms with Gasteiger partial charge in [0.25, 0.3) is 0 Å². The number of fused-ring (bicyclic) bond motifs is 1. The van der Waals surface area contributed by atoms with E-state index in [9.17, 15) is 48.6 Å². The van der Waals surface area contributed by atoms with Gasteiger partial charge in [-0.2, -0.15) is 0 Å². The quantitative estimate of drug-likeness (QED) is 0.0463. The number of nitrogens with zero attached hydrogens (tertiary/aromatic N) is 5. The average molecular weight is 1770 g/mol. The normalized spacial score (nSPS) is 22.1. The molecule has 1 saturated heterocycles. The van der Waals surface area contributed by atoms with E-state index in [1.165, 1.54) is 93.6 Å². The van der Waals surface area contributed by atoms with Gasteiger partial charge in [-0.15, -0.1) is 11.8 Å². The van der Waals surface area contributed by atoms with Crippen molar-refractivity contribution in [2.75, 3.05) is 66.4 Å². The third-order valence-electron chi connectivity index (χ3n) is 22.1. The number of unbranched alkanes of at least 4 members (excludes halogenated alkanes) is 1. The number of benzene rings is 6. The number of aromatic amines is 1. The summed E-state index contributed by atoms with van der Waals surface area (Å²) in [6.07, 6.45) is 1.61. The number of rotatable bonds is 22. The molecular weight excluding hydrogens is 1650 g/mol. The largest absolute Gasteiger partial charge is 0.508 e. The standard InChI is InChI=1S/C93H120N16O17S/c1-12-14-34-75-91(124)106(8)53-79(113)97-67(13-2)84(117)104-82(57(5)6)93(126)108(10)76(47-59-28-20-16-21-29-59)88(121)102-72(46-62-37-41-65(111)42-38-62)89(122)105(7)52-80(114)98-71(49-63-50-95-68-33-25-24-32-66(63)68)87(120)101-70(44-61-35-39-64(110)40-36-61)86(119)100-69(43-56(3)4)85(118)103-74(83(116)96-51-78(94)112)54-127-55-81(115)99-73(45-58-26-18-15-19-27-58)90(123)109(11)77(92(125)107(75)9)48-60-30-22-17-23-31-60/h15-33,35-42,50,56-57,67,69-77,82,95,110-111H,12-14,34,43-49,51-55H2,1-11H3,(H2,94,112)(H,96,116)(H,97,113)(H,98,114)(H,99,115)(H,100,119)(H,101,120)(H,102,121)(H,103,118)(H,104,117)/t67-,69-,70-,71-,72-,73-,74-,75-,76-,77-,82-/m0/s1. The second kappa shape index (κ2) is 48.4. The molecule has 15 amide bonds. The molecule has 34 heteroatoms. The molecular formula is C93H120N16O17S. The Labute approximate surface area is 744 Å². The van der Waals surface area contributed by atoms with Crippen LogP contribution in [0.15, 0.2) is 170 Å². The van der Waals surface area contributed by atoms with Gasteiger partial charge in [0.05, 0.1) is 25.4 Å². The molecule has 0 spiro atoms. The van der Waals surface area contributed by atoms with Crippen molar-refractivity contribution in [2.24, 2.45) is 17.6 Å². The Morgan fingerprint density at radius 2 is 0.890 bits per heavy atom. The number of aromatic hydroxyl groups is 2. The topological polar surface area (TPSA) is 463 Å². The number of phenols is 2. The number of H-pyrrole nitrogens is 1. The summed E-state index contributed by atoms with van der Waals surface area (Å²) in [4.78, 5) is 231. The summed E-state index contributed by atoms with van der Waals surface area (Å²) < 4.78 is 0. The molecule has 33 nitrogen and oxygen atoms in total. The minimum absolute atomic E-state index is 0.0122. The SMILES string of the molecule is CCCC[C@H]1C(=O)N(C)CC(=O)N[C@@H](CC)C(=O)N[C@@H](C(C)C)C(=O)N(C)[C@@H](Cc2ccccc2)C(=O)N[C@@H](Cc2ccc(O)cc2)C(=O)N(C)CC(=O)N[C@@H](Cc2c[nH]c3ccccc23)C(=O)N[C@@H](Cc2ccc(O)cc2)C(=O)N[C@@H](CC(C)C)C(=O)N[C@H](C(=O)NCC(N)=O)CSCC(=O)N[C@@H](Cc2ccccc2)C(=O)N(C)[C@@H](Cc2ccccc2)C(=O)N1C. The van der Waals surface area contributed by atoms with Crippen LogP contribution in [-0.2, 0) is 110 Å². The first kappa shape index (κ1) is 99.3. The molecule has 2 heterocycles. The third kappa shape index (κ3) is 29.8. The van der Waals surface area contributed by atoms with Crippen molar-refractivity contribution in [1.82, 2.24) is 77.3 Å². The molecule has 14 N–H and O–H groups in total. The molecule has 1 aromatic heterocycles. The number of phenolic OH excluding ortho intramolecular Hbond substituents is 2. The van der Waals surface area contributed by atoms with E-state index in [0.717, 1.165) is 26.5 Å². The predicted octanol–water partition coefficient (Wildman–Crippen LogP) is 3.26. The molecule has 1 aliphatic heterocycles. The fraction of sp³-hybridized carbons (Fsp3) is 0.430. The van der Waals surface area contributed by atoms with Crippen LogP contribution in [0.3, 0.4) is 0 Å². The molecule has 11 atom stereocenters. The van der Waals surface area contributed by atoms with Crippen molar-refractivity contribution >= 4 is 111 Å². The first-order valence-corrected chi connectivity index (χ1v) is 43.7. The van der Waals surface area contributed by atoms with Gasteiger partial charge in [0.1, 0.15) is 78.0 Å². The summed E-state index contributed by atoms with van der Waals surface area (Å²) in [7, 11) is 6.86. The lowest BCUT2D eigenvalue weighted by Crippen LogP contribution is -2.61. The highest BCUT2D eigenvalue weighted by Crippen LogP contribution is 2.25. The van der Waals surface area contributed by atoms with Crippen molar-refractivity contribution in [2.45, 2.75) is 179 Å². The van der Waals surface area contributed by atoms with Crippen LogP contribution >= 0.6 is 11.8 Å². The zero-order valence-corrected chi connectivity index (χ0v) is 74.5. The molecule has 6 aromatic carbocycles. The van der Waals surface area contributed by atoms with Crippen LogP contribution in [0.1, 0.15) is 107 Å². The molecule has 7 aromatic rings. The van der Waals surface area contributed by atoms with E-state index in [2.05, 4.69) is 52.8 Å². The number of hydrogen-bond acceptors (Lipinski definition) is 18. The monoisotopic (exact) mass is 1760 g/mol. The average Bonchev–Trinajstić information content (AvgIpc) is 0.834. The smallest absolute Gasteiger partial charge is 0.246 e. The van der Waals surface area contributed by atoms with Gasteiger partial charge in [-0.3, -0.25) is 71.9 Å². The number of carbonyl (C=O) groups is 15. The first-order valence-electron chi connectivity index (χ1n) is 42.6. The van der Waals surface area contributed by atoms with Gasteiger partial charge in [0.15, 0.2) is 0 Å². The zero-order chi connectivity index (χ0) is 92.7. The lowest BCUT2D eigenvalue weighted by Gasteiger charge is -2.37. The van der Waals surface area contributed by atoms with Crippen LogP contribution in [0, 0.1) is 11.8 Å². The number of aromatic nitrogens is 1. The maximum Gasteiger partial charge on any atom is 0.246 e. The Morgan fingerprint density at radius 1 is 0.449 bits per heavy atom. The first-order chi connectivity index (χ1) is 60.5. The molecule has 0 radical (unpaired) electrons. The number of primary amides is 1. The van der Waals surface area contributed by atoms with Gasteiger partial charge in [-0.25, -0.2) is 0 Å². The number of hydrogen-bond donors (Lipinski definition) is 13. The zero-order valence-electron chi connectivity index (χ0n) is 73.7. The molecule has 0 unspecified atom stereocenters. The van der Waals surface area contributed by atoms with E-state index in [-0.39, 0.29) is 81.0 Å².